The lowest BCUT2D eigenvalue weighted by Gasteiger charge is -2.10. The number of hydrogen-bond acceptors (Lipinski definition) is 4. The molecule has 7 nitrogen and oxygen atoms in total. The highest BCUT2D eigenvalue weighted by Crippen LogP contribution is 2.22. The van der Waals surface area contributed by atoms with Crippen molar-refractivity contribution in [2.45, 2.75) is 32.7 Å². The van der Waals surface area contributed by atoms with Gasteiger partial charge in [-0.05, 0) is 12.8 Å². The number of imidazole rings is 1. The highest BCUT2D eigenvalue weighted by molar-refractivity contribution is 5.97. The van der Waals surface area contributed by atoms with E-state index in [1.54, 1.807) is 12.4 Å². The molecule has 7 heteroatoms. The standard InChI is InChI=1S/C12H18N6O/c1-6(2)9-8(13)10(18-17-9)12(19)16-7(3)11-14-4-5-15-11/h4-7H,13H2,1-3H3,(H,14,15)(H,16,19)(H,17,18). The molecule has 1 amide bonds. The molecule has 0 fully saturated rings. The van der Waals surface area contributed by atoms with Crippen molar-refractivity contribution in [3.05, 3.63) is 29.6 Å². The minimum absolute atomic E-state index is 0.191. The Hall–Kier alpha value is -2.31. The predicted octanol–water partition coefficient (Wildman–Crippen LogP) is 1.33. The second kappa shape index (κ2) is 5.13. The van der Waals surface area contributed by atoms with E-state index >= 15 is 0 Å². The first-order valence-corrected chi connectivity index (χ1v) is 6.14. The smallest absolute Gasteiger partial charge is 0.274 e. The van der Waals surface area contributed by atoms with E-state index < -0.39 is 0 Å². The molecule has 1 atom stereocenters. The minimum Gasteiger partial charge on any atom is -0.395 e. The van der Waals surface area contributed by atoms with Gasteiger partial charge < -0.3 is 16.0 Å². The Balaban J connectivity index is 2.12. The zero-order valence-corrected chi connectivity index (χ0v) is 11.2. The maximum absolute atomic E-state index is 12.1. The lowest BCUT2D eigenvalue weighted by atomic mass is 10.1. The number of nitrogens with two attached hydrogens (primary N) is 1. The van der Waals surface area contributed by atoms with Crippen LogP contribution in [0.25, 0.3) is 0 Å². The maximum Gasteiger partial charge on any atom is 0.274 e. The topological polar surface area (TPSA) is 112 Å². The molecule has 0 saturated heterocycles. The van der Waals surface area contributed by atoms with Crippen molar-refractivity contribution in [2.24, 2.45) is 0 Å². The van der Waals surface area contributed by atoms with E-state index in [1.807, 2.05) is 20.8 Å². The van der Waals surface area contributed by atoms with Crippen molar-refractivity contribution in [3.8, 4) is 0 Å². The molecular weight excluding hydrogens is 244 g/mol. The van der Waals surface area contributed by atoms with E-state index in [-0.39, 0.29) is 23.6 Å². The highest BCUT2D eigenvalue weighted by Gasteiger charge is 2.21. The van der Waals surface area contributed by atoms with Crippen molar-refractivity contribution in [1.29, 1.82) is 0 Å². The quantitative estimate of drug-likeness (QED) is 0.665. The Morgan fingerprint density at radius 3 is 2.68 bits per heavy atom. The summed E-state index contributed by atoms with van der Waals surface area (Å²) < 4.78 is 0. The predicted molar refractivity (Wildman–Crippen MR) is 71.6 cm³/mol. The summed E-state index contributed by atoms with van der Waals surface area (Å²) >= 11 is 0. The molecule has 0 aliphatic carbocycles. The largest absolute Gasteiger partial charge is 0.395 e. The number of anilines is 1. The molecule has 0 radical (unpaired) electrons. The van der Waals surface area contributed by atoms with Crippen LogP contribution in [-0.4, -0.2) is 26.1 Å². The van der Waals surface area contributed by atoms with Crippen LogP contribution in [0.1, 0.15) is 54.7 Å². The van der Waals surface area contributed by atoms with Gasteiger partial charge in [-0.3, -0.25) is 9.89 Å². The molecule has 2 aromatic heterocycles. The van der Waals surface area contributed by atoms with Crippen molar-refractivity contribution >= 4 is 11.6 Å². The first kappa shape index (κ1) is 13.1. The minimum atomic E-state index is -0.315. The number of H-pyrrole nitrogens is 2. The van der Waals surface area contributed by atoms with E-state index in [2.05, 4.69) is 25.5 Å². The van der Waals surface area contributed by atoms with Gasteiger partial charge in [0.05, 0.1) is 17.4 Å². The third kappa shape index (κ3) is 2.59. The number of carbonyl (C=O) groups excluding carboxylic acids is 1. The molecule has 0 aliphatic rings. The Labute approximate surface area is 111 Å². The van der Waals surface area contributed by atoms with Gasteiger partial charge >= 0.3 is 0 Å². The summed E-state index contributed by atoms with van der Waals surface area (Å²) in [4.78, 5) is 19.1. The molecule has 102 valence electrons. The van der Waals surface area contributed by atoms with Gasteiger partial charge in [-0.2, -0.15) is 5.10 Å². The molecule has 19 heavy (non-hydrogen) atoms. The molecule has 0 aliphatic heterocycles. The molecule has 2 rings (SSSR count). The van der Waals surface area contributed by atoms with Gasteiger partial charge in [0.25, 0.3) is 5.91 Å². The van der Waals surface area contributed by atoms with Gasteiger partial charge in [-0.25, -0.2) is 4.98 Å². The van der Waals surface area contributed by atoms with Crippen LogP contribution in [0.2, 0.25) is 0 Å². The lowest BCUT2D eigenvalue weighted by Crippen LogP contribution is -2.28. The van der Waals surface area contributed by atoms with Crippen LogP contribution in [0.4, 0.5) is 5.69 Å². The summed E-state index contributed by atoms with van der Waals surface area (Å²) in [7, 11) is 0. The van der Waals surface area contributed by atoms with Gasteiger partial charge in [0.1, 0.15) is 5.82 Å². The molecule has 0 aromatic carbocycles. The van der Waals surface area contributed by atoms with Gasteiger partial charge in [0.15, 0.2) is 5.69 Å². The van der Waals surface area contributed by atoms with E-state index in [4.69, 9.17) is 5.73 Å². The number of rotatable bonds is 4. The number of carbonyl (C=O) groups is 1. The van der Waals surface area contributed by atoms with E-state index in [0.29, 0.717) is 11.5 Å². The van der Waals surface area contributed by atoms with E-state index in [9.17, 15) is 4.79 Å². The Kier molecular flexibility index (Phi) is 3.55. The zero-order chi connectivity index (χ0) is 14.0. The molecule has 2 aromatic rings. The van der Waals surface area contributed by atoms with Crippen LogP contribution in [0.15, 0.2) is 12.4 Å². The maximum atomic E-state index is 12.1. The van der Waals surface area contributed by atoms with Crippen LogP contribution in [0, 0.1) is 0 Å². The fraction of sp³-hybridized carbons (Fsp3) is 0.417. The molecule has 0 spiro atoms. The van der Waals surface area contributed by atoms with Gasteiger partial charge in [-0.15, -0.1) is 0 Å². The second-order valence-electron chi connectivity index (χ2n) is 4.72. The van der Waals surface area contributed by atoms with Gasteiger partial charge in [0, 0.05) is 12.4 Å². The van der Waals surface area contributed by atoms with Crippen LogP contribution in [-0.2, 0) is 0 Å². The van der Waals surface area contributed by atoms with Crippen LogP contribution in [0.3, 0.4) is 0 Å². The van der Waals surface area contributed by atoms with Crippen LogP contribution >= 0.6 is 0 Å². The van der Waals surface area contributed by atoms with Crippen LogP contribution < -0.4 is 11.1 Å². The molecule has 0 saturated carbocycles. The highest BCUT2D eigenvalue weighted by atomic mass is 16.2. The Morgan fingerprint density at radius 2 is 2.16 bits per heavy atom. The number of nitrogen functional groups attached to an aromatic ring is 1. The van der Waals surface area contributed by atoms with Crippen molar-refractivity contribution in [2.75, 3.05) is 5.73 Å². The molecule has 0 bridgehead atoms. The Morgan fingerprint density at radius 1 is 1.42 bits per heavy atom. The SMILES string of the molecule is CC(C)c1[nH]nc(C(=O)NC(C)c2ncc[nH]2)c1N. The summed E-state index contributed by atoms with van der Waals surface area (Å²) in [5.41, 5.74) is 7.32. The monoisotopic (exact) mass is 262 g/mol. The fourth-order valence-electron chi connectivity index (χ4n) is 1.82. The number of aromatic amines is 2. The number of nitrogens with one attached hydrogen (secondary N) is 3. The molecule has 1 unspecified atom stereocenters. The molecular formula is C12H18N6O. The van der Waals surface area contributed by atoms with Crippen molar-refractivity contribution in [3.63, 3.8) is 0 Å². The fourth-order valence-corrected chi connectivity index (χ4v) is 1.82. The molecule has 5 N–H and O–H groups in total. The third-order valence-electron chi connectivity index (χ3n) is 2.90. The number of aromatic nitrogens is 4. The van der Waals surface area contributed by atoms with Crippen molar-refractivity contribution < 1.29 is 4.79 Å². The van der Waals surface area contributed by atoms with Gasteiger partial charge in [-0.1, -0.05) is 13.8 Å². The van der Waals surface area contributed by atoms with E-state index in [0.717, 1.165) is 5.69 Å². The summed E-state index contributed by atoms with van der Waals surface area (Å²) in [6.07, 6.45) is 3.34. The third-order valence-corrected chi connectivity index (χ3v) is 2.90. The summed E-state index contributed by atoms with van der Waals surface area (Å²) in [5, 5.41) is 9.58. The number of nitrogens with zero attached hydrogens (tertiary/aromatic N) is 2. The number of amides is 1. The first-order valence-electron chi connectivity index (χ1n) is 6.14. The normalized spacial score (nSPS) is 12.6. The van der Waals surface area contributed by atoms with Crippen molar-refractivity contribution in [1.82, 2.24) is 25.5 Å². The summed E-state index contributed by atoms with van der Waals surface area (Å²) in [5.74, 6) is 0.563. The Bertz CT molecular complexity index is 557. The average molecular weight is 262 g/mol. The second-order valence-corrected chi connectivity index (χ2v) is 4.72. The van der Waals surface area contributed by atoms with E-state index in [1.165, 1.54) is 0 Å². The van der Waals surface area contributed by atoms with Gasteiger partial charge in [0.2, 0.25) is 0 Å². The average Bonchev–Trinajstić information content (AvgIpc) is 2.96. The van der Waals surface area contributed by atoms with Crippen LogP contribution in [0.5, 0.6) is 0 Å². The summed E-state index contributed by atoms with van der Waals surface area (Å²) in [6, 6.07) is -0.235. The lowest BCUT2D eigenvalue weighted by molar-refractivity contribution is 0.0934. The first-order chi connectivity index (χ1) is 9.00. The number of hydrogen-bond donors (Lipinski definition) is 4. The summed E-state index contributed by atoms with van der Waals surface area (Å²) in [6.45, 7) is 5.80. The molecule has 2 heterocycles. The zero-order valence-electron chi connectivity index (χ0n) is 11.2.